The zero-order chi connectivity index (χ0) is 16.1. The Bertz CT molecular complexity index is 705. The van der Waals surface area contributed by atoms with E-state index in [4.69, 9.17) is 34.8 Å². The lowest BCUT2D eigenvalue weighted by Gasteiger charge is -2.08. The molecule has 2 N–H and O–H groups in total. The number of nitrogens with one attached hydrogen (secondary N) is 2. The van der Waals surface area contributed by atoms with Crippen LogP contribution in [0.1, 0.15) is 15.9 Å². The van der Waals surface area contributed by atoms with E-state index in [1.165, 1.54) is 12.3 Å². The number of pyridine rings is 1. The van der Waals surface area contributed by atoms with Gasteiger partial charge >= 0.3 is 0 Å². The first-order valence-electron chi connectivity index (χ1n) is 6.10. The molecule has 0 radical (unpaired) electrons. The first-order valence-corrected chi connectivity index (χ1v) is 7.24. The van der Waals surface area contributed by atoms with Crippen molar-refractivity contribution in [1.29, 1.82) is 0 Å². The molecule has 0 unspecified atom stereocenters. The average Bonchev–Trinajstić information content (AvgIpc) is 2.50. The number of benzene rings is 1. The minimum Gasteiger partial charge on any atom is -0.273 e. The molecule has 0 saturated carbocycles. The van der Waals surface area contributed by atoms with Gasteiger partial charge in [-0.05, 0) is 23.8 Å². The molecule has 0 spiro atoms. The van der Waals surface area contributed by atoms with Gasteiger partial charge in [0.25, 0.3) is 5.91 Å². The summed E-state index contributed by atoms with van der Waals surface area (Å²) in [4.78, 5) is 27.3. The predicted octanol–water partition coefficient (Wildman–Crippen LogP) is 3.05. The minimum absolute atomic E-state index is 0.102. The lowest BCUT2D eigenvalue weighted by Crippen LogP contribution is -2.42. The zero-order valence-corrected chi connectivity index (χ0v) is 13.3. The van der Waals surface area contributed by atoms with Crippen LogP contribution in [0.15, 0.2) is 36.5 Å². The van der Waals surface area contributed by atoms with E-state index >= 15 is 0 Å². The normalized spacial score (nSPS) is 10.1. The average molecular weight is 359 g/mol. The summed E-state index contributed by atoms with van der Waals surface area (Å²) in [6.45, 7) is 0. The molecule has 0 saturated heterocycles. The van der Waals surface area contributed by atoms with Crippen molar-refractivity contribution in [3.63, 3.8) is 0 Å². The van der Waals surface area contributed by atoms with Crippen molar-refractivity contribution in [3.05, 3.63) is 62.9 Å². The smallest absolute Gasteiger partial charge is 0.271 e. The molecule has 0 fully saturated rings. The molecule has 114 valence electrons. The topological polar surface area (TPSA) is 71.1 Å². The molecule has 22 heavy (non-hydrogen) atoms. The molecular formula is C14H10Cl3N3O2. The van der Waals surface area contributed by atoms with E-state index in [0.29, 0.717) is 5.02 Å². The number of amides is 2. The number of aromatic nitrogens is 1. The first kappa shape index (κ1) is 16.5. The largest absolute Gasteiger partial charge is 0.273 e. The molecule has 1 aromatic carbocycles. The van der Waals surface area contributed by atoms with Crippen molar-refractivity contribution < 1.29 is 9.59 Å². The van der Waals surface area contributed by atoms with Gasteiger partial charge < -0.3 is 0 Å². The van der Waals surface area contributed by atoms with Crippen LogP contribution in [0.5, 0.6) is 0 Å². The van der Waals surface area contributed by atoms with Gasteiger partial charge in [-0.25, -0.2) is 4.98 Å². The van der Waals surface area contributed by atoms with Gasteiger partial charge in [-0.2, -0.15) is 0 Å². The SMILES string of the molecule is O=C(Cc1ccc(Cl)cc1)NNC(=O)c1cnc(Cl)c(Cl)c1. The van der Waals surface area contributed by atoms with Crippen molar-refractivity contribution >= 4 is 46.6 Å². The summed E-state index contributed by atoms with van der Waals surface area (Å²) < 4.78 is 0. The Morgan fingerprint density at radius 2 is 1.73 bits per heavy atom. The second kappa shape index (κ2) is 7.45. The Morgan fingerprint density at radius 1 is 1.05 bits per heavy atom. The fourth-order valence-electron chi connectivity index (χ4n) is 1.58. The minimum atomic E-state index is -0.546. The molecule has 1 aromatic heterocycles. The second-order valence-electron chi connectivity index (χ2n) is 4.30. The van der Waals surface area contributed by atoms with Crippen LogP contribution in [0.3, 0.4) is 0 Å². The van der Waals surface area contributed by atoms with Gasteiger partial charge in [0.15, 0.2) is 0 Å². The van der Waals surface area contributed by atoms with E-state index < -0.39 is 5.91 Å². The Morgan fingerprint density at radius 3 is 2.36 bits per heavy atom. The summed E-state index contributed by atoms with van der Waals surface area (Å²) in [7, 11) is 0. The standard InChI is InChI=1S/C14H10Cl3N3O2/c15-10-3-1-8(2-4-10)5-12(21)19-20-14(22)9-6-11(16)13(17)18-7-9/h1-4,6-7H,5H2,(H,19,21)(H,20,22). The fraction of sp³-hybridized carbons (Fsp3) is 0.0714. The lowest BCUT2D eigenvalue weighted by molar-refractivity contribution is -0.121. The third kappa shape index (κ3) is 4.59. The fourth-order valence-corrected chi connectivity index (χ4v) is 1.97. The summed E-state index contributed by atoms with van der Waals surface area (Å²) in [6.07, 6.45) is 1.37. The number of hydrogen-bond acceptors (Lipinski definition) is 3. The van der Waals surface area contributed by atoms with Crippen LogP contribution in [0.25, 0.3) is 0 Å². The molecule has 0 aliphatic rings. The maximum absolute atomic E-state index is 11.8. The van der Waals surface area contributed by atoms with Crippen molar-refractivity contribution in [2.75, 3.05) is 0 Å². The van der Waals surface area contributed by atoms with Crippen LogP contribution in [-0.4, -0.2) is 16.8 Å². The number of halogens is 3. The maximum Gasteiger partial charge on any atom is 0.271 e. The van der Waals surface area contributed by atoms with Crippen molar-refractivity contribution in [2.24, 2.45) is 0 Å². The van der Waals surface area contributed by atoms with Gasteiger partial charge in [0.1, 0.15) is 5.15 Å². The number of rotatable bonds is 3. The number of hydrazine groups is 1. The van der Waals surface area contributed by atoms with Crippen LogP contribution < -0.4 is 10.9 Å². The highest BCUT2D eigenvalue weighted by molar-refractivity contribution is 6.41. The van der Waals surface area contributed by atoms with Crippen molar-refractivity contribution in [2.45, 2.75) is 6.42 Å². The van der Waals surface area contributed by atoms with Crippen LogP contribution in [0, 0.1) is 0 Å². The highest BCUT2D eigenvalue weighted by Gasteiger charge is 2.10. The van der Waals surface area contributed by atoms with E-state index in [1.54, 1.807) is 24.3 Å². The molecule has 2 rings (SSSR count). The lowest BCUT2D eigenvalue weighted by atomic mass is 10.1. The van der Waals surface area contributed by atoms with Crippen LogP contribution in [0.2, 0.25) is 15.2 Å². The Hall–Kier alpha value is -1.82. The Kier molecular flexibility index (Phi) is 5.60. The van der Waals surface area contributed by atoms with Gasteiger partial charge in [0, 0.05) is 11.2 Å². The Labute approximate surface area is 141 Å². The maximum atomic E-state index is 11.8. The molecular weight excluding hydrogens is 349 g/mol. The van der Waals surface area contributed by atoms with Crippen LogP contribution in [-0.2, 0) is 11.2 Å². The second-order valence-corrected chi connectivity index (χ2v) is 5.50. The van der Waals surface area contributed by atoms with Gasteiger partial charge in [0.05, 0.1) is 17.0 Å². The highest BCUT2D eigenvalue weighted by atomic mass is 35.5. The van der Waals surface area contributed by atoms with Gasteiger partial charge in [-0.1, -0.05) is 46.9 Å². The molecule has 0 bridgehead atoms. The third-order valence-corrected chi connectivity index (χ3v) is 3.59. The van der Waals surface area contributed by atoms with E-state index in [-0.39, 0.29) is 28.1 Å². The number of carbonyl (C=O) groups is 2. The van der Waals surface area contributed by atoms with E-state index in [0.717, 1.165) is 5.56 Å². The highest BCUT2D eigenvalue weighted by Crippen LogP contribution is 2.19. The van der Waals surface area contributed by atoms with Crippen LogP contribution in [0.4, 0.5) is 0 Å². The van der Waals surface area contributed by atoms with E-state index in [1.807, 2.05) is 0 Å². The molecule has 8 heteroatoms. The van der Waals surface area contributed by atoms with Gasteiger partial charge in [-0.3, -0.25) is 20.4 Å². The van der Waals surface area contributed by atoms with E-state index in [9.17, 15) is 9.59 Å². The van der Waals surface area contributed by atoms with Crippen LogP contribution >= 0.6 is 34.8 Å². The molecule has 1 heterocycles. The molecule has 0 atom stereocenters. The summed E-state index contributed by atoms with van der Waals surface area (Å²) in [5.41, 5.74) is 5.53. The zero-order valence-electron chi connectivity index (χ0n) is 11.1. The predicted molar refractivity (Wildman–Crippen MR) is 85.0 cm³/mol. The van der Waals surface area contributed by atoms with Crippen molar-refractivity contribution in [3.8, 4) is 0 Å². The molecule has 2 aromatic rings. The number of carbonyl (C=O) groups excluding carboxylic acids is 2. The molecule has 2 amide bonds. The summed E-state index contributed by atoms with van der Waals surface area (Å²) >= 11 is 17.2. The summed E-state index contributed by atoms with van der Waals surface area (Å²) in [6, 6.07) is 8.19. The quantitative estimate of drug-likeness (QED) is 0.654. The van der Waals surface area contributed by atoms with Crippen molar-refractivity contribution in [1.82, 2.24) is 15.8 Å². The number of nitrogens with zero attached hydrogens (tertiary/aromatic N) is 1. The molecule has 0 aliphatic carbocycles. The Balaban J connectivity index is 1.88. The monoisotopic (exact) mass is 357 g/mol. The number of hydrogen-bond donors (Lipinski definition) is 2. The third-order valence-electron chi connectivity index (χ3n) is 2.65. The summed E-state index contributed by atoms with van der Waals surface area (Å²) in [5.74, 6) is -0.917. The van der Waals surface area contributed by atoms with E-state index in [2.05, 4.69) is 15.8 Å². The first-order chi connectivity index (χ1) is 10.5. The van der Waals surface area contributed by atoms with Gasteiger partial charge in [0.2, 0.25) is 5.91 Å². The summed E-state index contributed by atoms with van der Waals surface area (Å²) in [5, 5.41) is 0.844. The van der Waals surface area contributed by atoms with Gasteiger partial charge in [-0.15, -0.1) is 0 Å². The molecule has 5 nitrogen and oxygen atoms in total. The molecule has 0 aliphatic heterocycles.